The Labute approximate surface area is 139 Å². The van der Waals surface area contributed by atoms with Crippen LogP contribution in [0.2, 0.25) is 0 Å². The Morgan fingerprint density at radius 2 is 1.83 bits per heavy atom. The Hall–Kier alpha value is -1.61. The van der Waals surface area contributed by atoms with Crippen molar-refractivity contribution in [2.75, 3.05) is 13.1 Å². The molecule has 0 N–H and O–H groups in total. The van der Waals surface area contributed by atoms with Crippen molar-refractivity contribution in [2.24, 2.45) is 5.92 Å². The van der Waals surface area contributed by atoms with Gasteiger partial charge in [-0.05, 0) is 24.3 Å². The largest absolute Gasteiger partial charge is 0.329 e. The number of rotatable bonds is 4. The number of benzene rings is 1. The van der Waals surface area contributed by atoms with Crippen molar-refractivity contribution in [3.63, 3.8) is 0 Å². The average Bonchev–Trinajstić information content (AvgIpc) is 2.99. The fourth-order valence-electron chi connectivity index (χ4n) is 4.21. The van der Waals surface area contributed by atoms with E-state index in [4.69, 9.17) is 4.98 Å². The maximum Gasteiger partial charge on any atom is 0.113 e. The molecule has 1 saturated carbocycles. The van der Waals surface area contributed by atoms with E-state index >= 15 is 0 Å². The van der Waals surface area contributed by atoms with E-state index in [0.29, 0.717) is 0 Å². The van der Waals surface area contributed by atoms with Crippen molar-refractivity contribution >= 4 is 0 Å². The lowest BCUT2D eigenvalue weighted by molar-refractivity contribution is 0.166. The summed E-state index contributed by atoms with van der Waals surface area (Å²) in [6, 6.07) is 10.7. The van der Waals surface area contributed by atoms with Gasteiger partial charge in [-0.25, -0.2) is 4.98 Å². The van der Waals surface area contributed by atoms with Crippen molar-refractivity contribution in [2.45, 2.75) is 51.6 Å². The summed E-state index contributed by atoms with van der Waals surface area (Å²) in [5.41, 5.74) is 2.75. The van der Waals surface area contributed by atoms with Crippen LogP contribution in [0.1, 0.15) is 49.2 Å². The minimum atomic E-state index is 0.932. The van der Waals surface area contributed by atoms with Gasteiger partial charge in [-0.3, -0.25) is 4.90 Å². The number of aromatic nitrogens is 2. The molecule has 122 valence electrons. The van der Waals surface area contributed by atoms with E-state index in [2.05, 4.69) is 46.0 Å². The van der Waals surface area contributed by atoms with Gasteiger partial charge in [0.15, 0.2) is 0 Å². The first-order valence-corrected chi connectivity index (χ1v) is 9.18. The highest BCUT2D eigenvalue weighted by Crippen LogP contribution is 2.26. The first-order chi connectivity index (χ1) is 11.4. The van der Waals surface area contributed by atoms with Crippen LogP contribution in [0.15, 0.2) is 36.5 Å². The van der Waals surface area contributed by atoms with Gasteiger partial charge in [-0.1, -0.05) is 49.6 Å². The Morgan fingerprint density at radius 1 is 1.00 bits per heavy atom. The first kappa shape index (κ1) is 14.9. The van der Waals surface area contributed by atoms with Crippen LogP contribution >= 0.6 is 0 Å². The van der Waals surface area contributed by atoms with Crippen LogP contribution in [0, 0.1) is 5.92 Å². The maximum atomic E-state index is 4.71. The van der Waals surface area contributed by atoms with Gasteiger partial charge in [-0.15, -0.1) is 0 Å². The lowest BCUT2D eigenvalue weighted by Gasteiger charge is -2.33. The van der Waals surface area contributed by atoms with E-state index in [1.54, 1.807) is 0 Å². The molecule has 1 aliphatic heterocycles. The number of fused-ring (bicyclic) bond motifs is 1. The van der Waals surface area contributed by atoms with E-state index in [0.717, 1.165) is 25.4 Å². The fraction of sp³-hybridized carbons (Fsp3) is 0.550. The van der Waals surface area contributed by atoms with Gasteiger partial charge >= 0.3 is 0 Å². The molecule has 2 heterocycles. The lowest BCUT2D eigenvalue weighted by Crippen LogP contribution is -2.37. The molecule has 0 bridgehead atoms. The van der Waals surface area contributed by atoms with E-state index in [-0.39, 0.29) is 0 Å². The third kappa shape index (κ3) is 3.50. The summed E-state index contributed by atoms with van der Waals surface area (Å²) in [5.74, 6) is 2.16. The molecule has 0 spiro atoms. The van der Waals surface area contributed by atoms with Gasteiger partial charge in [0, 0.05) is 38.8 Å². The van der Waals surface area contributed by atoms with Crippen LogP contribution in [0.25, 0.3) is 0 Å². The number of hydrogen-bond donors (Lipinski definition) is 0. The van der Waals surface area contributed by atoms with Gasteiger partial charge < -0.3 is 4.57 Å². The second kappa shape index (κ2) is 6.88. The van der Waals surface area contributed by atoms with Crippen LogP contribution in [0.3, 0.4) is 0 Å². The summed E-state index contributed by atoms with van der Waals surface area (Å²) >= 11 is 0. The van der Waals surface area contributed by atoms with E-state index in [1.807, 2.05) is 0 Å². The van der Waals surface area contributed by atoms with Gasteiger partial charge in [0.1, 0.15) is 5.82 Å². The van der Waals surface area contributed by atoms with Gasteiger partial charge in [-0.2, -0.15) is 0 Å². The minimum Gasteiger partial charge on any atom is -0.329 e. The highest BCUT2D eigenvalue weighted by Gasteiger charge is 2.23. The summed E-state index contributed by atoms with van der Waals surface area (Å²) in [7, 11) is 0. The summed E-state index contributed by atoms with van der Waals surface area (Å²) < 4.78 is 2.45. The van der Waals surface area contributed by atoms with Crippen molar-refractivity contribution in [1.29, 1.82) is 0 Å². The summed E-state index contributed by atoms with van der Waals surface area (Å²) in [6.45, 7) is 4.66. The third-order valence-corrected chi connectivity index (χ3v) is 5.49. The third-order valence-electron chi connectivity index (χ3n) is 5.49. The molecule has 1 aromatic carbocycles. The Morgan fingerprint density at radius 3 is 2.65 bits per heavy atom. The zero-order valence-electron chi connectivity index (χ0n) is 14.0. The molecule has 2 aromatic rings. The van der Waals surface area contributed by atoms with Crippen LogP contribution in [-0.4, -0.2) is 27.5 Å². The molecular weight excluding hydrogens is 282 g/mol. The van der Waals surface area contributed by atoms with Crippen LogP contribution in [-0.2, 0) is 19.5 Å². The molecule has 0 atom stereocenters. The normalized spacial score (nSPS) is 19.7. The number of hydrogen-bond acceptors (Lipinski definition) is 2. The zero-order valence-corrected chi connectivity index (χ0v) is 14.0. The molecular formula is C20H27N3. The molecule has 2 aliphatic rings. The SMILES string of the molecule is c1ccc(Cc2ncc3n2CCN(CC2CCCCC2)C3)cc1. The molecule has 0 radical (unpaired) electrons. The molecule has 0 unspecified atom stereocenters. The van der Waals surface area contributed by atoms with Gasteiger partial charge in [0.05, 0.1) is 5.69 Å². The standard InChI is InChI=1S/C20H27N3/c1-3-7-17(8-4-1)13-20-21-14-19-16-22(11-12-23(19)20)15-18-9-5-2-6-10-18/h1,3-4,7-8,14,18H,2,5-6,9-13,15-16H2. The second-order valence-electron chi connectivity index (χ2n) is 7.22. The van der Waals surface area contributed by atoms with E-state index < -0.39 is 0 Å². The molecule has 3 heteroatoms. The highest BCUT2D eigenvalue weighted by molar-refractivity contribution is 5.21. The van der Waals surface area contributed by atoms with Crippen molar-refractivity contribution in [1.82, 2.24) is 14.5 Å². The molecule has 3 nitrogen and oxygen atoms in total. The smallest absolute Gasteiger partial charge is 0.113 e. The molecule has 1 aliphatic carbocycles. The van der Waals surface area contributed by atoms with Crippen molar-refractivity contribution < 1.29 is 0 Å². The van der Waals surface area contributed by atoms with Crippen molar-refractivity contribution in [3.8, 4) is 0 Å². The predicted octanol–water partition coefficient (Wildman–Crippen LogP) is 3.87. The Bertz CT molecular complexity index is 626. The topological polar surface area (TPSA) is 21.1 Å². The van der Waals surface area contributed by atoms with E-state index in [9.17, 15) is 0 Å². The van der Waals surface area contributed by atoms with Crippen molar-refractivity contribution in [3.05, 3.63) is 53.6 Å². The van der Waals surface area contributed by atoms with Crippen LogP contribution in [0.4, 0.5) is 0 Å². The zero-order chi connectivity index (χ0) is 15.5. The number of imidazole rings is 1. The minimum absolute atomic E-state index is 0.932. The van der Waals surface area contributed by atoms with Gasteiger partial charge in [0.25, 0.3) is 0 Å². The van der Waals surface area contributed by atoms with Crippen LogP contribution in [0.5, 0.6) is 0 Å². The number of nitrogens with zero attached hydrogens (tertiary/aromatic N) is 3. The summed E-state index contributed by atoms with van der Waals surface area (Å²) in [4.78, 5) is 7.36. The maximum absolute atomic E-state index is 4.71. The molecule has 1 aromatic heterocycles. The van der Waals surface area contributed by atoms with Gasteiger partial charge in [0.2, 0.25) is 0 Å². The molecule has 23 heavy (non-hydrogen) atoms. The second-order valence-corrected chi connectivity index (χ2v) is 7.22. The lowest BCUT2D eigenvalue weighted by atomic mass is 9.89. The summed E-state index contributed by atoms with van der Waals surface area (Å²) in [5, 5.41) is 0. The van der Waals surface area contributed by atoms with E-state index in [1.165, 1.54) is 62.3 Å². The summed E-state index contributed by atoms with van der Waals surface area (Å²) in [6.07, 6.45) is 10.3. The molecule has 4 rings (SSSR count). The van der Waals surface area contributed by atoms with Crippen LogP contribution < -0.4 is 0 Å². The monoisotopic (exact) mass is 309 g/mol. The molecule has 0 amide bonds. The fourth-order valence-corrected chi connectivity index (χ4v) is 4.21. The highest BCUT2D eigenvalue weighted by atomic mass is 15.2. The molecule has 0 saturated heterocycles. The Kier molecular flexibility index (Phi) is 4.47. The quantitative estimate of drug-likeness (QED) is 0.855. The predicted molar refractivity (Wildman–Crippen MR) is 93.3 cm³/mol. The first-order valence-electron chi connectivity index (χ1n) is 9.18. The Balaban J connectivity index is 1.40. The molecule has 1 fully saturated rings. The average molecular weight is 309 g/mol.